The Morgan fingerprint density at radius 1 is 1.15 bits per heavy atom. The fourth-order valence-electron chi connectivity index (χ4n) is 3.54. The number of hydrogen-bond donors (Lipinski definition) is 1. The zero-order chi connectivity index (χ0) is 20.5. The molecule has 1 unspecified atom stereocenters. The number of nitrogens with zero attached hydrogens (tertiary/aromatic N) is 1. The Hall–Kier alpha value is -2.24. The maximum Gasteiger partial charge on any atom is 0.416 e. The van der Waals surface area contributed by atoms with Crippen LogP contribution in [0, 0.1) is 12.8 Å². The molecule has 1 amide bonds. The van der Waals surface area contributed by atoms with E-state index in [9.17, 15) is 18.0 Å². The molecule has 0 spiro atoms. The lowest BCUT2D eigenvalue weighted by atomic mass is 9.97. The monoisotopic (exact) mass is 380 g/mol. The maximum atomic E-state index is 12.9. The minimum absolute atomic E-state index is 0.132. The van der Waals surface area contributed by atoms with Crippen LogP contribution in [-0.2, 0) is 12.6 Å². The predicted octanol–water partition coefficient (Wildman–Crippen LogP) is 5.75. The van der Waals surface area contributed by atoms with Crippen molar-refractivity contribution < 1.29 is 18.0 Å². The SMILES string of the molecule is CCCc1c(-c2ccc(C(F)(F)F)cc2)c(C(N)=O)c(C)n1C(C)C(C)C. The van der Waals surface area contributed by atoms with Gasteiger partial charge in [-0.15, -0.1) is 0 Å². The van der Waals surface area contributed by atoms with Crippen LogP contribution in [0.1, 0.15) is 67.5 Å². The Labute approximate surface area is 158 Å². The molecule has 0 radical (unpaired) electrons. The van der Waals surface area contributed by atoms with Crippen molar-refractivity contribution in [2.75, 3.05) is 0 Å². The summed E-state index contributed by atoms with van der Waals surface area (Å²) in [5.41, 5.74) is 8.31. The van der Waals surface area contributed by atoms with E-state index in [1.807, 2.05) is 13.8 Å². The standard InChI is InChI=1S/C21H27F3N2O/c1-6-7-17-19(15-8-10-16(11-9-15)21(22,23)24)18(20(25)27)14(5)26(17)13(4)12(2)3/h8-13H,6-7H2,1-5H3,(H2,25,27). The van der Waals surface area contributed by atoms with Gasteiger partial charge in [0.05, 0.1) is 11.1 Å². The number of carbonyl (C=O) groups excluding carboxylic acids is 1. The van der Waals surface area contributed by atoms with Crippen molar-refractivity contribution in [1.82, 2.24) is 4.57 Å². The Kier molecular flexibility index (Phi) is 6.07. The molecular weight excluding hydrogens is 353 g/mol. The van der Waals surface area contributed by atoms with E-state index in [0.717, 1.165) is 29.9 Å². The second-order valence-corrected chi connectivity index (χ2v) is 7.33. The van der Waals surface area contributed by atoms with E-state index < -0.39 is 17.6 Å². The van der Waals surface area contributed by atoms with Gasteiger partial charge in [-0.25, -0.2) is 0 Å². The highest BCUT2D eigenvalue weighted by molar-refractivity contribution is 6.02. The fraction of sp³-hybridized carbons (Fsp3) is 0.476. The first-order valence-corrected chi connectivity index (χ1v) is 9.21. The molecule has 0 saturated heterocycles. The number of hydrogen-bond acceptors (Lipinski definition) is 1. The summed E-state index contributed by atoms with van der Waals surface area (Å²) < 4.78 is 40.9. The van der Waals surface area contributed by atoms with Gasteiger partial charge >= 0.3 is 6.18 Å². The molecule has 0 saturated carbocycles. The lowest BCUT2D eigenvalue weighted by Gasteiger charge is -2.23. The van der Waals surface area contributed by atoms with Gasteiger partial charge in [-0.1, -0.05) is 39.3 Å². The molecule has 2 N–H and O–H groups in total. The van der Waals surface area contributed by atoms with E-state index in [1.165, 1.54) is 12.1 Å². The number of carbonyl (C=O) groups is 1. The minimum Gasteiger partial charge on any atom is -0.366 e. The second-order valence-electron chi connectivity index (χ2n) is 7.33. The molecule has 0 aliphatic carbocycles. The van der Waals surface area contributed by atoms with Crippen molar-refractivity contribution in [3.05, 3.63) is 46.8 Å². The van der Waals surface area contributed by atoms with Crippen LogP contribution in [0.4, 0.5) is 13.2 Å². The highest BCUT2D eigenvalue weighted by Crippen LogP contribution is 2.38. The summed E-state index contributed by atoms with van der Waals surface area (Å²) in [5, 5.41) is 0. The van der Waals surface area contributed by atoms with E-state index in [4.69, 9.17) is 5.73 Å². The highest BCUT2D eigenvalue weighted by atomic mass is 19.4. The number of rotatable bonds is 6. The van der Waals surface area contributed by atoms with Crippen molar-refractivity contribution in [1.29, 1.82) is 0 Å². The van der Waals surface area contributed by atoms with E-state index >= 15 is 0 Å². The predicted molar refractivity (Wildman–Crippen MR) is 102 cm³/mol. The summed E-state index contributed by atoms with van der Waals surface area (Å²) in [7, 11) is 0. The summed E-state index contributed by atoms with van der Waals surface area (Å²) in [6, 6.07) is 5.08. The van der Waals surface area contributed by atoms with Crippen molar-refractivity contribution in [2.45, 2.75) is 59.7 Å². The van der Waals surface area contributed by atoms with Crippen molar-refractivity contribution in [3.63, 3.8) is 0 Å². The second kappa shape index (κ2) is 7.79. The normalized spacial score (nSPS) is 13.2. The molecule has 1 aromatic heterocycles. The maximum absolute atomic E-state index is 12.9. The molecule has 2 rings (SSSR count). The van der Waals surface area contributed by atoms with Crippen molar-refractivity contribution in [3.8, 4) is 11.1 Å². The molecular formula is C21H27F3N2O. The summed E-state index contributed by atoms with van der Waals surface area (Å²) in [6.07, 6.45) is -2.84. The quantitative estimate of drug-likeness (QED) is 0.681. The number of aromatic nitrogens is 1. The highest BCUT2D eigenvalue weighted by Gasteiger charge is 2.31. The molecule has 0 aliphatic heterocycles. The summed E-state index contributed by atoms with van der Waals surface area (Å²) in [4.78, 5) is 12.2. The molecule has 2 aromatic rings. The third kappa shape index (κ3) is 4.04. The Bertz CT molecular complexity index is 817. The molecule has 1 aromatic carbocycles. The lowest BCUT2D eigenvalue weighted by Crippen LogP contribution is -2.17. The largest absolute Gasteiger partial charge is 0.416 e. The van der Waals surface area contributed by atoms with Gasteiger partial charge in [-0.2, -0.15) is 13.2 Å². The molecule has 148 valence electrons. The van der Waals surface area contributed by atoms with Crippen LogP contribution in [-0.4, -0.2) is 10.5 Å². The van der Waals surface area contributed by atoms with Gasteiger partial charge in [0, 0.05) is 23.0 Å². The van der Waals surface area contributed by atoms with Gasteiger partial charge < -0.3 is 10.3 Å². The van der Waals surface area contributed by atoms with Crippen molar-refractivity contribution >= 4 is 5.91 Å². The van der Waals surface area contributed by atoms with E-state index in [-0.39, 0.29) is 6.04 Å². The third-order valence-corrected chi connectivity index (χ3v) is 5.16. The number of halogens is 3. The van der Waals surface area contributed by atoms with Crippen LogP contribution >= 0.6 is 0 Å². The molecule has 0 fully saturated rings. The van der Waals surface area contributed by atoms with E-state index in [2.05, 4.69) is 25.3 Å². The molecule has 27 heavy (non-hydrogen) atoms. The van der Waals surface area contributed by atoms with Crippen LogP contribution in [0.3, 0.4) is 0 Å². The molecule has 3 nitrogen and oxygen atoms in total. The number of primary amides is 1. The summed E-state index contributed by atoms with van der Waals surface area (Å²) in [6.45, 7) is 10.2. The van der Waals surface area contributed by atoms with Crippen LogP contribution in [0.15, 0.2) is 24.3 Å². The Morgan fingerprint density at radius 3 is 2.11 bits per heavy atom. The van der Waals surface area contributed by atoms with Crippen molar-refractivity contribution in [2.24, 2.45) is 11.7 Å². The van der Waals surface area contributed by atoms with Gasteiger partial charge in [0.15, 0.2) is 0 Å². The van der Waals surface area contributed by atoms with E-state index in [0.29, 0.717) is 29.0 Å². The first-order valence-electron chi connectivity index (χ1n) is 9.21. The van der Waals surface area contributed by atoms with E-state index in [1.54, 1.807) is 0 Å². The first kappa shape index (κ1) is 21.1. The van der Waals surface area contributed by atoms with Gasteiger partial charge in [-0.3, -0.25) is 4.79 Å². The van der Waals surface area contributed by atoms with Crippen LogP contribution in [0.2, 0.25) is 0 Å². The van der Waals surface area contributed by atoms with Gasteiger partial charge in [0.2, 0.25) is 0 Å². The average Bonchev–Trinajstić information content (AvgIpc) is 2.86. The fourth-order valence-corrected chi connectivity index (χ4v) is 3.54. The lowest BCUT2D eigenvalue weighted by molar-refractivity contribution is -0.137. The van der Waals surface area contributed by atoms with Gasteiger partial charge in [0.1, 0.15) is 0 Å². The molecule has 6 heteroatoms. The Morgan fingerprint density at radius 2 is 1.70 bits per heavy atom. The molecule has 1 atom stereocenters. The molecule has 0 aliphatic rings. The van der Waals surface area contributed by atoms with Crippen LogP contribution < -0.4 is 5.73 Å². The van der Waals surface area contributed by atoms with Gasteiger partial charge in [-0.05, 0) is 43.9 Å². The summed E-state index contributed by atoms with van der Waals surface area (Å²) >= 11 is 0. The average molecular weight is 380 g/mol. The zero-order valence-electron chi connectivity index (χ0n) is 16.4. The number of amides is 1. The third-order valence-electron chi connectivity index (χ3n) is 5.16. The topological polar surface area (TPSA) is 48.0 Å². The summed E-state index contributed by atoms with van der Waals surface area (Å²) in [5.74, 6) is -0.234. The minimum atomic E-state index is -4.40. The number of nitrogens with two attached hydrogens (primary N) is 1. The zero-order valence-corrected chi connectivity index (χ0v) is 16.4. The first-order chi connectivity index (χ1) is 12.5. The number of benzene rings is 1. The van der Waals surface area contributed by atoms with Gasteiger partial charge in [0.25, 0.3) is 5.91 Å². The van der Waals surface area contributed by atoms with Crippen LogP contribution in [0.25, 0.3) is 11.1 Å². The molecule has 0 bridgehead atoms. The van der Waals surface area contributed by atoms with Crippen LogP contribution in [0.5, 0.6) is 0 Å². The smallest absolute Gasteiger partial charge is 0.366 e. The number of alkyl halides is 3. The Balaban J connectivity index is 2.77. The molecule has 1 heterocycles.